The molecule has 0 spiro atoms. The van der Waals surface area contributed by atoms with Gasteiger partial charge in [-0.25, -0.2) is 4.79 Å². The van der Waals surface area contributed by atoms with E-state index in [0.717, 1.165) is 22.9 Å². The Morgan fingerprint density at radius 3 is 2.58 bits per heavy atom. The van der Waals surface area contributed by atoms with Crippen molar-refractivity contribution >= 4 is 28.9 Å². The number of hydrogen-bond acceptors (Lipinski definition) is 3. The molecule has 1 heterocycles. The normalized spacial score (nSPS) is 10.6. The summed E-state index contributed by atoms with van der Waals surface area (Å²) in [5.41, 5.74) is 1.23. The molecule has 0 fully saturated rings. The van der Waals surface area contributed by atoms with Gasteiger partial charge < -0.3 is 10.4 Å². The molecule has 0 aliphatic rings. The number of halogens is 1. The standard InChI is InChI=1S/C14H14ClNO2S/c15-11-3-1-10(2-4-11)7-8-16-9-12-5-6-13(19-12)14(17)18/h1-6,16H,7-9H2,(H,17,18). The van der Waals surface area contributed by atoms with Crippen LogP contribution in [0.3, 0.4) is 0 Å². The zero-order valence-corrected chi connectivity index (χ0v) is 11.8. The first kappa shape index (κ1) is 14.1. The van der Waals surface area contributed by atoms with Gasteiger partial charge in [0.1, 0.15) is 4.88 Å². The average molecular weight is 296 g/mol. The van der Waals surface area contributed by atoms with E-state index in [0.29, 0.717) is 11.4 Å². The van der Waals surface area contributed by atoms with Gasteiger partial charge in [-0.2, -0.15) is 0 Å². The van der Waals surface area contributed by atoms with Crippen LogP contribution in [0.25, 0.3) is 0 Å². The molecule has 0 aliphatic heterocycles. The fourth-order valence-electron chi connectivity index (χ4n) is 1.68. The van der Waals surface area contributed by atoms with Crippen LogP contribution in [-0.4, -0.2) is 17.6 Å². The van der Waals surface area contributed by atoms with Crippen LogP contribution in [0.1, 0.15) is 20.1 Å². The number of benzene rings is 1. The number of carboxylic acids is 1. The van der Waals surface area contributed by atoms with Crippen molar-refractivity contribution in [3.63, 3.8) is 0 Å². The van der Waals surface area contributed by atoms with Gasteiger partial charge >= 0.3 is 5.97 Å². The van der Waals surface area contributed by atoms with Crippen molar-refractivity contribution in [3.05, 3.63) is 56.7 Å². The van der Waals surface area contributed by atoms with Crippen molar-refractivity contribution in [1.82, 2.24) is 5.32 Å². The molecule has 0 radical (unpaired) electrons. The first-order valence-electron chi connectivity index (χ1n) is 5.92. The van der Waals surface area contributed by atoms with Crippen LogP contribution < -0.4 is 5.32 Å². The van der Waals surface area contributed by atoms with Gasteiger partial charge in [-0.3, -0.25) is 0 Å². The second-order valence-corrected chi connectivity index (χ2v) is 5.73. The van der Waals surface area contributed by atoms with Crippen LogP contribution in [0, 0.1) is 0 Å². The van der Waals surface area contributed by atoms with E-state index in [4.69, 9.17) is 16.7 Å². The monoisotopic (exact) mass is 295 g/mol. The number of thiophene rings is 1. The van der Waals surface area contributed by atoms with E-state index in [1.165, 1.54) is 16.9 Å². The van der Waals surface area contributed by atoms with Gasteiger partial charge in [-0.15, -0.1) is 11.3 Å². The molecule has 0 saturated carbocycles. The Kier molecular flexibility index (Phi) is 4.96. The van der Waals surface area contributed by atoms with Crippen LogP contribution in [-0.2, 0) is 13.0 Å². The molecular weight excluding hydrogens is 282 g/mol. The summed E-state index contributed by atoms with van der Waals surface area (Å²) in [4.78, 5) is 12.2. The minimum Gasteiger partial charge on any atom is -0.477 e. The fourth-order valence-corrected chi connectivity index (χ4v) is 2.63. The Bertz CT molecular complexity index is 551. The summed E-state index contributed by atoms with van der Waals surface area (Å²) in [6, 6.07) is 11.3. The quantitative estimate of drug-likeness (QED) is 0.803. The van der Waals surface area contributed by atoms with Crippen LogP contribution >= 0.6 is 22.9 Å². The molecule has 0 amide bonds. The summed E-state index contributed by atoms with van der Waals surface area (Å²) < 4.78 is 0. The SMILES string of the molecule is O=C(O)c1ccc(CNCCc2ccc(Cl)cc2)s1. The van der Waals surface area contributed by atoms with E-state index in [1.54, 1.807) is 6.07 Å². The highest BCUT2D eigenvalue weighted by Gasteiger charge is 2.06. The van der Waals surface area contributed by atoms with Gasteiger partial charge in [0.05, 0.1) is 0 Å². The molecule has 1 aromatic carbocycles. The second-order valence-electron chi connectivity index (χ2n) is 4.12. The lowest BCUT2D eigenvalue weighted by atomic mass is 10.1. The third kappa shape index (κ3) is 4.35. The minimum absolute atomic E-state index is 0.384. The van der Waals surface area contributed by atoms with Crippen molar-refractivity contribution in [2.45, 2.75) is 13.0 Å². The molecule has 0 atom stereocenters. The van der Waals surface area contributed by atoms with Crippen molar-refractivity contribution in [3.8, 4) is 0 Å². The summed E-state index contributed by atoms with van der Waals surface area (Å²) in [7, 11) is 0. The van der Waals surface area contributed by atoms with E-state index in [1.807, 2.05) is 30.3 Å². The maximum Gasteiger partial charge on any atom is 0.345 e. The molecule has 0 aliphatic carbocycles. The summed E-state index contributed by atoms with van der Waals surface area (Å²) in [5, 5.41) is 12.9. The lowest BCUT2D eigenvalue weighted by Gasteiger charge is -2.03. The number of nitrogens with one attached hydrogen (secondary N) is 1. The largest absolute Gasteiger partial charge is 0.477 e. The predicted octanol–water partition coefficient (Wildman–Crippen LogP) is 3.43. The smallest absolute Gasteiger partial charge is 0.345 e. The molecule has 3 nitrogen and oxygen atoms in total. The van der Waals surface area contributed by atoms with Crippen molar-refractivity contribution in [1.29, 1.82) is 0 Å². The Balaban J connectivity index is 1.74. The average Bonchev–Trinajstić information content (AvgIpc) is 2.86. The van der Waals surface area contributed by atoms with E-state index in [-0.39, 0.29) is 0 Å². The van der Waals surface area contributed by atoms with E-state index in [2.05, 4.69) is 5.32 Å². The predicted molar refractivity (Wildman–Crippen MR) is 78.1 cm³/mol. The molecule has 19 heavy (non-hydrogen) atoms. The number of carbonyl (C=O) groups is 1. The highest BCUT2D eigenvalue weighted by molar-refractivity contribution is 7.13. The van der Waals surface area contributed by atoms with E-state index < -0.39 is 5.97 Å². The number of carboxylic acid groups (broad SMARTS) is 1. The molecule has 2 rings (SSSR count). The first-order chi connectivity index (χ1) is 9.15. The molecular formula is C14H14ClNO2S. The summed E-state index contributed by atoms with van der Waals surface area (Å²) >= 11 is 7.13. The second kappa shape index (κ2) is 6.70. The highest BCUT2D eigenvalue weighted by Crippen LogP contribution is 2.16. The molecule has 0 unspecified atom stereocenters. The summed E-state index contributed by atoms with van der Waals surface area (Å²) in [5.74, 6) is -0.864. The molecule has 0 saturated heterocycles. The lowest BCUT2D eigenvalue weighted by Crippen LogP contribution is -2.15. The molecule has 100 valence electrons. The molecule has 2 aromatic rings. The number of hydrogen-bond donors (Lipinski definition) is 2. The zero-order chi connectivity index (χ0) is 13.7. The number of aromatic carboxylic acids is 1. The van der Waals surface area contributed by atoms with Gasteiger partial charge in [0, 0.05) is 16.4 Å². The summed E-state index contributed by atoms with van der Waals surface area (Å²) in [6.45, 7) is 1.55. The molecule has 5 heteroatoms. The van der Waals surface area contributed by atoms with Crippen LogP contribution in [0.4, 0.5) is 0 Å². The molecule has 1 aromatic heterocycles. The van der Waals surface area contributed by atoms with Gasteiger partial charge in [-0.05, 0) is 42.8 Å². The summed E-state index contributed by atoms with van der Waals surface area (Å²) in [6.07, 6.45) is 0.925. The molecule has 2 N–H and O–H groups in total. The fraction of sp³-hybridized carbons (Fsp3) is 0.214. The lowest BCUT2D eigenvalue weighted by molar-refractivity contribution is 0.0702. The third-order valence-corrected chi connectivity index (χ3v) is 4.00. The Labute approximate surface area is 120 Å². The topological polar surface area (TPSA) is 49.3 Å². The van der Waals surface area contributed by atoms with Crippen LogP contribution in [0.15, 0.2) is 36.4 Å². The zero-order valence-electron chi connectivity index (χ0n) is 10.2. The maximum absolute atomic E-state index is 10.7. The third-order valence-electron chi connectivity index (χ3n) is 2.68. The first-order valence-corrected chi connectivity index (χ1v) is 7.12. The van der Waals surface area contributed by atoms with Gasteiger partial charge in [0.25, 0.3) is 0 Å². The Morgan fingerprint density at radius 2 is 1.95 bits per heavy atom. The highest BCUT2D eigenvalue weighted by atomic mass is 35.5. The maximum atomic E-state index is 10.7. The van der Waals surface area contributed by atoms with Gasteiger partial charge in [0.15, 0.2) is 0 Å². The van der Waals surface area contributed by atoms with E-state index in [9.17, 15) is 4.79 Å². The number of rotatable bonds is 6. The minimum atomic E-state index is -0.864. The van der Waals surface area contributed by atoms with E-state index >= 15 is 0 Å². The van der Waals surface area contributed by atoms with Crippen molar-refractivity contribution in [2.24, 2.45) is 0 Å². The Morgan fingerprint density at radius 1 is 1.21 bits per heavy atom. The van der Waals surface area contributed by atoms with Crippen LogP contribution in [0.2, 0.25) is 5.02 Å². The van der Waals surface area contributed by atoms with Crippen molar-refractivity contribution in [2.75, 3.05) is 6.54 Å². The van der Waals surface area contributed by atoms with Crippen LogP contribution in [0.5, 0.6) is 0 Å². The van der Waals surface area contributed by atoms with Gasteiger partial charge in [-0.1, -0.05) is 23.7 Å². The van der Waals surface area contributed by atoms with Gasteiger partial charge in [0.2, 0.25) is 0 Å². The Hall–Kier alpha value is -1.36. The molecule has 0 bridgehead atoms. The van der Waals surface area contributed by atoms with Crippen molar-refractivity contribution < 1.29 is 9.90 Å².